The number of rotatable bonds is 0. The number of hydrogen-bond acceptors (Lipinski definition) is 1. The van der Waals surface area contributed by atoms with Gasteiger partial charge in [0, 0.05) is 17.2 Å². The number of carbonyl (C=O) groups is 1. The Bertz CT molecular complexity index is 226. The van der Waals surface area contributed by atoms with Gasteiger partial charge in [0.2, 0.25) is 0 Å². The molecule has 3 heteroatoms. The van der Waals surface area contributed by atoms with Crippen molar-refractivity contribution in [1.82, 2.24) is 0 Å². The van der Waals surface area contributed by atoms with Gasteiger partial charge in [-0.25, -0.2) is 4.79 Å². The van der Waals surface area contributed by atoms with Crippen molar-refractivity contribution in [2.45, 2.75) is 31.1 Å². The molecule has 2 atom stereocenters. The van der Waals surface area contributed by atoms with Crippen molar-refractivity contribution in [3.05, 3.63) is 0 Å². The van der Waals surface area contributed by atoms with E-state index in [-0.39, 0.29) is 11.3 Å². The molecule has 12 heavy (non-hydrogen) atoms. The summed E-state index contributed by atoms with van der Waals surface area (Å²) in [5.74, 6) is 3.83. The molecule has 0 aliphatic heterocycles. The molecule has 0 radical (unpaired) electrons. The van der Waals surface area contributed by atoms with Gasteiger partial charge >= 0.3 is 5.97 Å². The summed E-state index contributed by atoms with van der Waals surface area (Å²) in [4.78, 5) is 10.1. The van der Waals surface area contributed by atoms with Crippen LogP contribution in [0.1, 0.15) is 25.7 Å². The lowest BCUT2D eigenvalue weighted by molar-refractivity contribution is -0.130. The molecule has 1 rings (SSSR count). The lowest BCUT2D eigenvalue weighted by Gasteiger charge is -2.21. The third kappa shape index (κ3) is 2.75. The molecule has 2 unspecified atom stereocenters. The summed E-state index contributed by atoms with van der Waals surface area (Å²) < 4.78 is 0. The second-order valence-corrected chi connectivity index (χ2v) is 3.54. The van der Waals surface area contributed by atoms with Gasteiger partial charge in [-0.15, -0.1) is 11.6 Å². The fourth-order valence-electron chi connectivity index (χ4n) is 1.40. The quantitative estimate of drug-likeness (QED) is 0.463. The summed E-state index contributed by atoms with van der Waals surface area (Å²) in [5, 5.41) is 8.36. The zero-order chi connectivity index (χ0) is 8.97. The summed E-state index contributed by atoms with van der Waals surface area (Å²) in [5.41, 5.74) is 0. The zero-order valence-electron chi connectivity index (χ0n) is 6.72. The van der Waals surface area contributed by atoms with E-state index >= 15 is 0 Å². The monoisotopic (exact) mass is 186 g/mol. The van der Waals surface area contributed by atoms with E-state index in [0.717, 1.165) is 25.7 Å². The molecule has 1 saturated carbocycles. The predicted octanol–water partition coefficient (Wildman–Crippen LogP) is 1.87. The van der Waals surface area contributed by atoms with Crippen molar-refractivity contribution in [3.63, 3.8) is 0 Å². The molecule has 0 aromatic carbocycles. The van der Waals surface area contributed by atoms with Crippen LogP contribution in [-0.4, -0.2) is 16.5 Å². The fraction of sp³-hybridized carbons (Fsp3) is 0.667. The summed E-state index contributed by atoms with van der Waals surface area (Å²) in [6.07, 6.45) is 4.15. The van der Waals surface area contributed by atoms with Crippen molar-refractivity contribution >= 4 is 17.6 Å². The van der Waals surface area contributed by atoms with Crippen molar-refractivity contribution in [2.24, 2.45) is 5.92 Å². The standard InChI is InChI=1S/C9H11ClO2/c10-8-4-2-1-3-7(8)5-6-9(11)12/h7-8H,1-4H2,(H,11,12). The zero-order valence-corrected chi connectivity index (χ0v) is 7.47. The minimum absolute atomic E-state index is 0.0469. The van der Waals surface area contributed by atoms with Gasteiger partial charge in [0.05, 0.1) is 0 Å². The summed E-state index contributed by atoms with van der Waals surface area (Å²) in [7, 11) is 0. The van der Waals surface area contributed by atoms with Gasteiger partial charge in [-0.3, -0.25) is 0 Å². The summed E-state index contributed by atoms with van der Waals surface area (Å²) in [6, 6.07) is 0. The number of halogens is 1. The van der Waals surface area contributed by atoms with Crippen LogP contribution in [0.2, 0.25) is 0 Å². The Hall–Kier alpha value is -0.680. The highest BCUT2D eigenvalue weighted by Gasteiger charge is 2.20. The van der Waals surface area contributed by atoms with E-state index in [1.807, 2.05) is 0 Å². The van der Waals surface area contributed by atoms with E-state index in [1.165, 1.54) is 0 Å². The number of carboxylic acid groups (broad SMARTS) is 1. The highest BCUT2D eigenvalue weighted by Crippen LogP contribution is 2.27. The van der Waals surface area contributed by atoms with Crippen LogP contribution < -0.4 is 0 Å². The second-order valence-electron chi connectivity index (χ2n) is 2.98. The highest BCUT2D eigenvalue weighted by atomic mass is 35.5. The molecule has 0 heterocycles. The minimum Gasteiger partial charge on any atom is -0.472 e. The van der Waals surface area contributed by atoms with Crippen LogP contribution in [0, 0.1) is 17.8 Å². The van der Waals surface area contributed by atoms with Crippen LogP contribution in [0.5, 0.6) is 0 Å². The molecule has 2 nitrogen and oxygen atoms in total. The van der Waals surface area contributed by atoms with Gasteiger partial charge in [0.25, 0.3) is 0 Å². The van der Waals surface area contributed by atoms with Crippen LogP contribution in [0.25, 0.3) is 0 Å². The first-order valence-electron chi connectivity index (χ1n) is 4.08. The first kappa shape index (κ1) is 9.41. The van der Waals surface area contributed by atoms with Crippen LogP contribution in [0.15, 0.2) is 0 Å². The van der Waals surface area contributed by atoms with Gasteiger partial charge < -0.3 is 5.11 Å². The maximum Gasteiger partial charge on any atom is 0.381 e. The maximum atomic E-state index is 10.1. The predicted molar refractivity (Wildman–Crippen MR) is 47.0 cm³/mol. The van der Waals surface area contributed by atoms with Gasteiger partial charge in [-0.05, 0) is 12.8 Å². The largest absolute Gasteiger partial charge is 0.472 e. The number of aliphatic carboxylic acids is 1. The molecule has 1 aliphatic rings. The Morgan fingerprint density at radius 3 is 2.67 bits per heavy atom. The Labute approximate surface area is 76.9 Å². The third-order valence-corrected chi connectivity index (χ3v) is 2.57. The van der Waals surface area contributed by atoms with E-state index in [1.54, 1.807) is 0 Å². The van der Waals surface area contributed by atoms with E-state index in [4.69, 9.17) is 16.7 Å². The lowest BCUT2D eigenvalue weighted by atomic mass is 9.89. The Kier molecular flexibility index (Phi) is 3.43. The molecular formula is C9H11ClO2. The summed E-state index contributed by atoms with van der Waals surface area (Å²) >= 11 is 5.97. The summed E-state index contributed by atoms with van der Waals surface area (Å²) in [6.45, 7) is 0. The number of hydrogen-bond donors (Lipinski definition) is 1. The van der Waals surface area contributed by atoms with Gasteiger partial charge in [0.1, 0.15) is 0 Å². The Morgan fingerprint density at radius 1 is 1.42 bits per heavy atom. The number of carboxylic acids is 1. The Morgan fingerprint density at radius 2 is 2.08 bits per heavy atom. The lowest BCUT2D eigenvalue weighted by Crippen LogP contribution is -2.18. The first-order valence-corrected chi connectivity index (χ1v) is 4.52. The molecule has 0 saturated heterocycles. The van der Waals surface area contributed by atoms with Crippen LogP contribution in [-0.2, 0) is 4.79 Å². The Balaban J connectivity index is 2.51. The van der Waals surface area contributed by atoms with E-state index in [2.05, 4.69) is 11.8 Å². The smallest absolute Gasteiger partial charge is 0.381 e. The minimum atomic E-state index is -1.07. The molecule has 0 spiro atoms. The molecule has 1 fully saturated rings. The molecule has 0 bridgehead atoms. The molecule has 1 N–H and O–H groups in total. The van der Waals surface area contributed by atoms with Crippen molar-refractivity contribution < 1.29 is 9.90 Å². The fourth-order valence-corrected chi connectivity index (χ4v) is 1.75. The van der Waals surface area contributed by atoms with Crippen LogP contribution in [0.4, 0.5) is 0 Å². The van der Waals surface area contributed by atoms with Crippen molar-refractivity contribution in [3.8, 4) is 11.8 Å². The second kappa shape index (κ2) is 4.37. The van der Waals surface area contributed by atoms with E-state index < -0.39 is 5.97 Å². The topological polar surface area (TPSA) is 37.3 Å². The van der Waals surface area contributed by atoms with Gasteiger partial charge in [0.15, 0.2) is 0 Å². The van der Waals surface area contributed by atoms with Gasteiger partial charge in [-0.1, -0.05) is 18.8 Å². The first-order chi connectivity index (χ1) is 5.70. The average Bonchev–Trinajstić information content (AvgIpc) is 2.03. The third-order valence-electron chi connectivity index (χ3n) is 2.05. The average molecular weight is 187 g/mol. The highest BCUT2D eigenvalue weighted by molar-refractivity contribution is 6.21. The SMILES string of the molecule is O=C(O)C#CC1CCCCC1Cl. The molecule has 0 amide bonds. The molecule has 66 valence electrons. The normalized spacial score (nSPS) is 28.8. The molecule has 0 aromatic rings. The van der Waals surface area contributed by atoms with Crippen LogP contribution >= 0.6 is 11.6 Å². The molecular weight excluding hydrogens is 176 g/mol. The number of alkyl halides is 1. The van der Waals surface area contributed by atoms with Crippen molar-refractivity contribution in [1.29, 1.82) is 0 Å². The molecule has 0 aromatic heterocycles. The molecule has 1 aliphatic carbocycles. The van der Waals surface area contributed by atoms with E-state index in [9.17, 15) is 4.79 Å². The maximum absolute atomic E-state index is 10.1. The van der Waals surface area contributed by atoms with E-state index in [0.29, 0.717) is 0 Å². The van der Waals surface area contributed by atoms with Crippen LogP contribution in [0.3, 0.4) is 0 Å². The van der Waals surface area contributed by atoms with Gasteiger partial charge in [-0.2, -0.15) is 0 Å². The van der Waals surface area contributed by atoms with Crippen molar-refractivity contribution in [2.75, 3.05) is 0 Å².